The minimum Gasteiger partial charge on any atom is -0.397 e. The molecule has 0 spiro atoms. The van der Waals surface area contributed by atoms with Crippen LogP contribution < -0.4 is 11.1 Å². The molecule has 2 rings (SSSR count). The van der Waals surface area contributed by atoms with Crippen LogP contribution in [0.1, 0.15) is 10.4 Å². The summed E-state index contributed by atoms with van der Waals surface area (Å²) in [6, 6.07) is 9.32. The minimum absolute atomic E-state index is 0.293. The highest BCUT2D eigenvalue weighted by Gasteiger charge is 2.16. The number of halogens is 1. The van der Waals surface area contributed by atoms with E-state index in [4.69, 9.17) is 5.73 Å². The maximum Gasteiger partial charge on any atom is 0.272 e. The van der Waals surface area contributed by atoms with E-state index in [1.165, 1.54) is 0 Å². The average Bonchev–Trinajstić information content (AvgIpc) is 2.41. The number of anilines is 2. The maximum absolute atomic E-state index is 13.7. The van der Waals surface area contributed by atoms with Gasteiger partial charge in [-0.15, -0.1) is 0 Å². The zero-order valence-corrected chi connectivity index (χ0v) is 10.2. The van der Waals surface area contributed by atoms with Crippen molar-refractivity contribution < 1.29 is 14.1 Å². The van der Waals surface area contributed by atoms with Crippen LogP contribution in [0.25, 0.3) is 0 Å². The number of amides is 1. The van der Waals surface area contributed by atoms with Gasteiger partial charge in [0.25, 0.3) is 11.6 Å². The van der Waals surface area contributed by atoms with Crippen LogP contribution in [0.5, 0.6) is 0 Å². The Hall–Kier alpha value is -2.96. The van der Waals surface area contributed by atoms with E-state index in [1.54, 1.807) is 24.3 Å². The Morgan fingerprint density at radius 2 is 1.95 bits per heavy atom. The van der Waals surface area contributed by atoms with Crippen LogP contribution in [0, 0.1) is 15.9 Å². The lowest BCUT2D eigenvalue weighted by molar-refractivity contribution is -0.385. The molecule has 7 heteroatoms. The fraction of sp³-hybridized carbons (Fsp3) is 0. The fourth-order valence-corrected chi connectivity index (χ4v) is 1.60. The molecule has 0 saturated heterocycles. The number of benzene rings is 2. The van der Waals surface area contributed by atoms with Crippen molar-refractivity contribution in [3.05, 3.63) is 64.0 Å². The first-order chi connectivity index (χ1) is 9.49. The van der Waals surface area contributed by atoms with Gasteiger partial charge in [0.15, 0.2) is 0 Å². The number of nitrogens with one attached hydrogen (secondary N) is 1. The Morgan fingerprint density at radius 3 is 2.55 bits per heavy atom. The van der Waals surface area contributed by atoms with E-state index in [1.807, 2.05) is 0 Å². The molecule has 0 aliphatic heterocycles. The quantitative estimate of drug-likeness (QED) is 0.511. The van der Waals surface area contributed by atoms with Gasteiger partial charge in [-0.25, -0.2) is 4.39 Å². The molecule has 0 bridgehead atoms. The van der Waals surface area contributed by atoms with E-state index in [0.717, 1.165) is 12.1 Å². The third kappa shape index (κ3) is 2.72. The van der Waals surface area contributed by atoms with Gasteiger partial charge in [0.2, 0.25) is 0 Å². The summed E-state index contributed by atoms with van der Waals surface area (Å²) in [7, 11) is 0. The molecule has 2 aromatic rings. The van der Waals surface area contributed by atoms with Crippen LogP contribution in [0.2, 0.25) is 0 Å². The molecule has 1 amide bonds. The van der Waals surface area contributed by atoms with Gasteiger partial charge in [-0.1, -0.05) is 12.1 Å². The molecule has 0 atom stereocenters. The average molecular weight is 275 g/mol. The summed E-state index contributed by atoms with van der Waals surface area (Å²) in [4.78, 5) is 21.6. The summed E-state index contributed by atoms with van der Waals surface area (Å²) in [6.45, 7) is 0. The van der Waals surface area contributed by atoms with Crippen LogP contribution in [-0.4, -0.2) is 10.8 Å². The number of carbonyl (C=O) groups is 1. The molecule has 0 saturated carbocycles. The SMILES string of the molecule is Nc1ccccc1NC(=O)c1ccc([N+](=O)[O-])cc1F. The number of nitro groups is 1. The van der Waals surface area contributed by atoms with Gasteiger partial charge >= 0.3 is 0 Å². The molecule has 6 nitrogen and oxygen atoms in total. The van der Waals surface area contributed by atoms with Crippen LogP contribution in [0.4, 0.5) is 21.5 Å². The van der Waals surface area contributed by atoms with Crippen molar-refractivity contribution in [2.24, 2.45) is 0 Å². The van der Waals surface area contributed by atoms with Crippen LogP contribution in [0.3, 0.4) is 0 Å². The topological polar surface area (TPSA) is 98.3 Å². The van der Waals surface area contributed by atoms with E-state index in [2.05, 4.69) is 5.32 Å². The molecule has 2 aromatic carbocycles. The Labute approximate surface area is 113 Å². The smallest absolute Gasteiger partial charge is 0.272 e. The normalized spacial score (nSPS) is 10.1. The zero-order valence-electron chi connectivity index (χ0n) is 10.2. The Morgan fingerprint density at radius 1 is 1.25 bits per heavy atom. The molecule has 0 aliphatic rings. The number of non-ortho nitro benzene ring substituents is 1. The monoisotopic (exact) mass is 275 g/mol. The van der Waals surface area contributed by atoms with Gasteiger partial charge in [0.05, 0.1) is 27.9 Å². The Balaban J connectivity index is 2.26. The minimum atomic E-state index is -0.966. The van der Waals surface area contributed by atoms with Gasteiger partial charge in [-0.3, -0.25) is 14.9 Å². The summed E-state index contributed by atoms with van der Waals surface area (Å²) in [6.07, 6.45) is 0. The highest BCUT2D eigenvalue weighted by atomic mass is 19.1. The summed E-state index contributed by atoms with van der Waals surface area (Å²) in [5, 5.41) is 12.9. The van der Waals surface area contributed by atoms with Crippen LogP contribution >= 0.6 is 0 Å². The molecule has 20 heavy (non-hydrogen) atoms. The van der Waals surface area contributed by atoms with Crippen molar-refractivity contribution in [3.63, 3.8) is 0 Å². The van der Waals surface area contributed by atoms with Crippen LogP contribution in [0.15, 0.2) is 42.5 Å². The zero-order chi connectivity index (χ0) is 14.7. The van der Waals surface area contributed by atoms with Crippen molar-refractivity contribution in [3.8, 4) is 0 Å². The molecule has 102 valence electrons. The van der Waals surface area contributed by atoms with Gasteiger partial charge in [0, 0.05) is 6.07 Å². The number of nitrogen functional groups attached to an aromatic ring is 1. The molecule has 0 aliphatic carbocycles. The summed E-state index contributed by atoms with van der Waals surface area (Å²) < 4.78 is 13.7. The Bertz CT molecular complexity index is 688. The second-order valence-corrected chi connectivity index (χ2v) is 3.96. The lowest BCUT2D eigenvalue weighted by Gasteiger charge is -2.08. The summed E-state index contributed by atoms with van der Waals surface area (Å²) in [5.74, 6) is -1.69. The van der Waals surface area contributed by atoms with Gasteiger partial charge in [-0.2, -0.15) is 0 Å². The molecule has 0 aromatic heterocycles. The third-order valence-electron chi connectivity index (χ3n) is 2.62. The number of carbonyl (C=O) groups excluding carboxylic acids is 1. The molecular formula is C13H10FN3O3. The van der Waals surface area contributed by atoms with Crippen molar-refractivity contribution in [2.75, 3.05) is 11.1 Å². The number of nitro benzene ring substituents is 1. The second kappa shape index (κ2) is 5.35. The van der Waals surface area contributed by atoms with Gasteiger partial charge < -0.3 is 11.1 Å². The first kappa shape index (κ1) is 13.5. The van der Waals surface area contributed by atoms with Crippen molar-refractivity contribution in [2.45, 2.75) is 0 Å². The highest BCUT2D eigenvalue weighted by molar-refractivity contribution is 6.06. The molecule has 0 fully saturated rings. The van der Waals surface area contributed by atoms with E-state index < -0.39 is 22.3 Å². The Kier molecular flexibility index (Phi) is 3.60. The fourth-order valence-electron chi connectivity index (χ4n) is 1.60. The first-order valence-corrected chi connectivity index (χ1v) is 5.59. The van der Waals surface area contributed by atoms with E-state index in [-0.39, 0.29) is 5.56 Å². The molecular weight excluding hydrogens is 265 g/mol. The largest absolute Gasteiger partial charge is 0.397 e. The molecule has 0 radical (unpaired) electrons. The number of nitrogens with zero attached hydrogens (tertiary/aromatic N) is 1. The number of para-hydroxylation sites is 2. The van der Waals surface area contributed by atoms with E-state index >= 15 is 0 Å². The lowest BCUT2D eigenvalue weighted by Crippen LogP contribution is -2.15. The van der Waals surface area contributed by atoms with Crippen molar-refractivity contribution >= 4 is 23.0 Å². The summed E-state index contributed by atoms with van der Waals surface area (Å²) in [5.41, 5.74) is 5.62. The maximum atomic E-state index is 13.7. The standard InChI is InChI=1S/C13H10FN3O3/c14-10-7-8(17(19)20)5-6-9(10)13(18)16-12-4-2-1-3-11(12)15/h1-7H,15H2,(H,16,18). The van der Waals surface area contributed by atoms with Crippen LogP contribution in [-0.2, 0) is 0 Å². The lowest BCUT2D eigenvalue weighted by atomic mass is 10.1. The number of nitrogens with two attached hydrogens (primary N) is 1. The van der Waals surface area contributed by atoms with Crippen molar-refractivity contribution in [1.29, 1.82) is 0 Å². The molecule has 0 heterocycles. The second-order valence-electron chi connectivity index (χ2n) is 3.96. The van der Waals surface area contributed by atoms with Crippen molar-refractivity contribution in [1.82, 2.24) is 0 Å². The number of rotatable bonds is 3. The number of hydrogen-bond acceptors (Lipinski definition) is 4. The molecule has 3 N–H and O–H groups in total. The first-order valence-electron chi connectivity index (χ1n) is 5.59. The van der Waals surface area contributed by atoms with E-state index in [0.29, 0.717) is 17.4 Å². The third-order valence-corrected chi connectivity index (χ3v) is 2.62. The molecule has 0 unspecified atom stereocenters. The predicted molar refractivity (Wildman–Crippen MR) is 71.9 cm³/mol. The van der Waals surface area contributed by atoms with Gasteiger partial charge in [-0.05, 0) is 18.2 Å². The predicted octanol–water partition coefficient (Wildman–Crippen LogP) is 2.57. The van der Waals surface area contributed by atoms with Gasteiger partial charge in [0.1, 0.15) is 5.82 Å². The summed E-state index contributed by atoms with van der Waals surface area (Å²) >= 11 is 0. The highest BCUT2D eigenvalue weighted by Crippen LogP contribution is 2.20. The number of hydrogen-bond donors (Lipinski definition) is 2. The van der Waals surface area contributed by atoms with E-state index in [9.17, 15) is 19.3 Å².